The first kappa shape index (κ1) is 15.3. The zero-order valence-electron chi connectivity index (χ0n) is 8.27. The van der Waals surface area contributed by atoms with Gasteiger partial charge in [-0.2, -0.15) is 0 Å². The highest BCUT2D eigenvalue weighted by molar-refractivity contribution is 5.72. The van der Waals surface area contributed by atoms with Gasteiger partial charge in [0.25, 0.3) is 5.97 Å². The highest BCUT2D eigenvalue weighted by Crippen LogP contribution is 1.96. The lowest BCUT2D eigenvalue weighted by Crippen LogP contribution is -2.29. The summed E-state index contributed by atoms with van der Waals surface area (Å²) in [5, 5.41) is 15.7. The minimum atomic E-state index is -0.933. The van der Waals surface area contributed by atoms with Crippen LogP contribution in [0.5, 0.6) is 0 Å². The van der Waals surface area contributed by atoms with Crippen molar-refractivity contribution >= 4 is 11.9 Å². The Morgan fingerprint density at radius 1 is 1.29 bits per heavy atom. The summed E-state index contributed by atoms with van der Waals surface area (Å²) in [7, 11) is 0. The zero-order valence-corrected chi connectivity index (χ0v) is 8.27. The third-order valence-electron chi connectivity index (χ3n) is 1.29. The Labute approximate surface area is 82.9 Å². The number of nitrogens with two attached hydrogens (primary N) is 2. The SMILES string of the molecule is CC(=O)O.NCCCC[C@@H](N)C(=O)O. The molecule has 0 unspecified atom stereocenters. The minimum absolute atomic E-state index is 0.520. The molecule has 84 valence electrons. The van der Waals surface area contributed by atoms with Crippen molar-refractivity contribution in [3.8, 4) is 0 Å². The molecular weight excluding hydrogens is 188 g/mol. The average Bonchev–Trinajstić information content (AvgIpc) is 2.03. The van der Waals surface area contributed by atoms with Gasteiger partial charge in [0.15, 0.2) is 0 Å². The van der Waals surface area contributed by atoms with Crippen LogP contribution in [0.4, 0.5) is 0 Å². The number of hydrogen-bond acceptors (Lipinski definition) is 4. The van der Waals surface area contributed by atoms with Crippen LogP contribution < -0.4 is 11.5 Å². The van der Waals surface area contributed by atoms with Crippen LogP contribution in [0.1, 0.15) is 26.2 Å². The van der Waals surface area contributed by atoms with Crippen LogP contribution in [-0.4, -0.2) is 34.7 Å². The van der Waals surface area contributed by atoms with Gasteiger partial charge in [-0.1, -0.05) is 6.42 Å². The van der Waals surface area contributed by atoms with Crippen LogP contribution in [0, 0.1) is 0 Å². The summed E-state index contributed by atoms with van der Waals surface area (Å²) in [6, 6.07) is -0.716. The molecule has 0 radical (unpaired) electrons. The molecule has 1 atom stereocenters. The lowest BCUT2D eigenvalue weighted by Gasteiger charge is -2.03. The minimum Gasteiger partial charge on any atom is -0.481 e. The monoisotopic (exact) mass is 206 g/mol. The molecule has 6 N–H and O–H groups in total. The molecule has 0 aromatic rings. The van der Waals surface area contributed by atoms with E-state index >= 15 is 0 Å². The van der Waals surface area contributed by atoms with E-state index in [9.17, 15) is 4.79 Å². The van der Waals surface area contributed by atoms with Crippen LogP contribution in [0.15, 0.2) is 0 Å². The Morgan fingerprint density at radius 2 is 1.71 bits per heavy atom. The van der Waals surface area contributed by atoms with Crippen molar-refractivity contribution in [3.05, 3.63) is 0 Å². The Hall–Kier alpha value is -1.14. The number of aliphatic carboxylic acids is 2. The quantitative estimate of drug-likeness (QED) is 0.454. The van der Waals surface area contributed by atoms with Crippen molar-refractivity contribution in [2.75, 3.05) is 6.54 Å². The lowest BCUT2D eigenvalue weighted by atomic mass is 10.1. The summed E-state index contributed by atoms with van der Waals surface area (Å²) >= 11 is 0. The van der Waals surface area contributed by atoms with E-state index in [2.05, 4.69) is 0 Å². The second kappa shape index (κ2) is 9.94. The second-order valence-electron chi connectivity index (χ2n) is 2.75. The van der Waals surface area contributed by atoms with Crippen molar-refractivity contribution in [3.63, 3.8) is 0 Å². The topological polar surface area (TPSA) is 127 Å². The molecule has 0 aliphatic rings. The molecule has 0 aliphatic heterocycles. The smallest absolute Gasteiger partial charge is 0.320 e. The summed E-state index contributed by atoms with van der Waals surface area (Å²) < 4.78 is 0. The lowest BCUT2D eigenvalue weighted by molar-refractivity contribution is -0.138. The fourth-order valence-corrected chi connectivity index (χ4v) is 0.632. The van der Waals surface area contributed by atoms with E-state index < -0.39 is 18.0 Å². The van der Waals surface area contributed by atoms with E-state index in [1.807, 2.05) is 0 Å². The molecule has 0 rings (SSSR count). The molecule has 0 aromatic carbocycles. The molecule has 6 heteroatoms. The molecule has 0 saturated heterocycles. The number of carboxylic acids is 2. The van der Waals surface area contributed by atoms with Gasteiger partial charge in [-0.25, -0.2) is 0 Å². The first-order chi connectivity index (χ1) is 6.41. The largest absolute Gasteiger partial charge is 0.481 e. The number of hydrogen-bond donors (Lipinski definition) is 4. The molecule has 0 spiro atoms. The van der Waals surface area contributed by atoms with Crippen molar-refractivity contribution in [1.29, 1.82) is 0 Å². The van der Waals surface area contributed by atoms with Crippen LogP contribution >= 0.6 is 0 Å². The first-order valence-electron chi connectivity index (χ1n) is 4.29. The average molecular weight is 206 g/mol. The van der Waals surface area contributed by atoms with Gasteiger partial charge in [0.05, 0.1) is 0 Å². The molecule has 0 fully saturated rings. The van der Waals surface area contributed by atoms with Gasteiger partial charge in [-0.3, -0.25) is 9.59 Å². The number of carboxylic acid groups (broad SMARTS) is 2. The van der Waals surface area contributed by atoms with E-state index in [-0.39, 0.29) is 0 Å². The molecular formula is C8H18N2O4. The number of carbonyl (C=O) groups is 2. The fourth-order valence-electron chi connectivity index (χ4n) is 0.632. The van der Waals surface area contributed by atoms with E-state index in [0.717, 1.165) is 19.8 Å². The summed E-state index contributed by atoms with van der Waals surface area (Å²) in [4.78, 5) is 19.1. The molecule has 14 heavy (non-hydrogen) atoms. The fraction of sp³-hybridized carbons (Fsp3) is 0.750. The third-order valence-corrected chi connectivity index (χ3v) is 1.29. The highest BCUT2D eigenvalue weighted by atomic mass is 16.4. The van der Waals surface area contributed by atoms with E-state index in [4.69, 9.17) is 26.5 Å². The Morgan fingerprint density at radius 3 is 2.00 bits per heavy atom. The summed E-state index contributed by atoms with van der Waals surface area (Å²) in [5.41, 5.74) is 10.4. The molecule has 0 saturated carbocycles. The Bertz CT molecular complexity index is 169. The van der Waals surface area contributed by atoms with E-state index in [1.54, 1.807) is 0 Å². The Kier molecular flexibility index (Phi) is 10.9. The highest BCUT2D eigenvalue weighted by Gasteiger charge is 2.09. The predicted molar refractivity (Wildman–Crippen MR) is 51.8 cm³/mol. The van der Waals surface area contributed by atoms with Gasteiger partial charge in [0, 0.05) is 6.92 Å². The standard InChI is InChI=1S/C6H14N2O2.C2H4O2/c7-4-2-1-3-5(8)6(9)10;1-2(3)4/h5H,1-4,7-8H2,(H,9,10);1H3,(H,3,4)/t5-;/m1./s1. The first-order valence-corrected chi connectivity index (χ1v) is 4.29. The normalized spacial score (nSPS) is 11.1. The van der Waals surface area contributed by atoms with E-state index in [0.29, 0.717) is 13.0 Å². The maximum atomic E-state index is 10.1. The summed E-state index contributed by atoms with van der Waals surface area (Å²) in [6.45, 7) is 1.69. The predicted octanol–water partition coefficient (Wildman–Crippen LogP) is -0.382. The number of unbranched alkanes of at least 4 members (excludes halogenated alkanes) is 1. The molecule has 0 bridgehead atoms. The van der Waals surface area contributed by atoms with Crippen LogP contribution in [0.2, 0.25) is 0 Å². The summed E-state index contributed by atoms with van der Waals surface area (Å²) in [5.74, 6) is -1.77. The van der Waals surface area contributed by atoms with Gasteiger partial charge in [0.2, 0.25) is 0 Å². The maximum absolute atomic E-state index is 10.1. The molecule has 0 aromatic heterocycles. The Balaban J connectivity index is 0. The summed E-state index contributed by atoms with van der Waals surface area (Å²) in [6.07, 6.45) is 2.16. The van der Waals surface area contributed by atoms with Crippen LogP contribution in [0.3, 0.4) is 0 Å². The zero-order chi connectivity index (χ0) is 11.6. The maximum Gasteiger partial charge on any atom is 0.320 e. The van der Waals surface area contributed by atoms with Gasteiger partial charge in [-0.05, 0) is 19.4 Å². The van der Waals surface area contributed by atoms with Crippen molar-refractivity contribution in [2.45, 2.75) is 32.2 Å². The number of rotatable bonds is 5. The molecule has 0 aliphatic carbocycles. The third kappa shape index (κ3) is 17.1. The van der Waals surface area contributed by atoms with Crippen LogP contribution in [0.25, 0.3) is 0 Å². The van der Waals surface area contributed by atoms with Crippen molar-refractivity contribution in [1.82, 2.24) is 0 Å². The van der Waals surface area contributed by atoms with Crippen molar-refractivity contribution < 1.29 is 19.8 Å². The van der Waals surface area contributed by atoms with Crippen LogP contribution in [-0.2, 0) is 9.59 Å². The van der Waals surface area contributed by atoms with Gasteiger partial charge in [0.1, 0.15) is 6.04 Å². The molecule has 0 amide bonds. The van der Waals surface area contributed by atoms with E-state index in [1.165, 1.54) is 0 Å². The van der Waals surface area contributed by atoms with Gasteiger partial charge in [-0.15, -0.1) is 0 Å². The molecule has 6 nitrogen and oxygen atoms in total. The molecule has 0 heterocycles. The van der Waals surface area contributed by atoms with Gasteiger partial charge < -0.3 is 21.7 Å². The van der Waals surface area contributed by atoms with Gasteiger partial charge >= 0.3 is 5.97 Å². The van der Waals surface area contributed by atoms with Crippen molar-refractivity contribution in [2.24, 2.45) is 11.5 Å². The second-order valence-corrected chi connectivity index (χ2v) is 2.75.